The zero-order valence-corrected chi connectivity index (χ0v) is 8.60. The minimum absolute atomic E-state index is 0.00539. The molecule has 0 aliphatic rings. The van der Waals surface area contributed by atoms with Gasteiger partial charge in [-0.3, -0.25) is 0 Å². The Morgan fingerprint density at radius 2 is 2.06 bits per heavy atom. The minimum atomic E-state index is -4.61. The van der Waals surface area contributed by atoms with Gasteiger partial charge in [0.25, 0.3) is 0 Å². The van der Waals surface area contributed by atoms with Crippen molar-refractivity contribution in [1.82, 2.24) is 24.7 Å². The normalized spacial score (nSPS) is 11.5. The molecule has 2 heterocycles. The first-order valence-corrected chi connectivity index (χ1v) is 4.50. The first kappa shape index (κ1) is 11.3. The van der Waals surface area contributed by atoms with Crippen LogP contribution in [0.5, 0.6) is 0 Å². The number of rotatable bonds is 2. The summed E-state index contributed by atoms with van der Waals surface area (Å²) in [5, 5.41) is 6.23. The summed E-state index contributed by atoms with van der Waals surface area (Å²) in [6.07, 6.45) is -2.15. The summed E-state index contributed by atoms with van der Waals surface area (Å²) in [5.41, 5.74) is 0. The van der Waals surface area contributed by atoms with Gasteiger partial charge in [0.15, 0.2) is 5.82 Å². The quantitative estimate of drug-likeness (QED) is 0.857. The molecule has 2 aromatic heterocycles. The fourth-order valence-corrected chi connectivity index (χ4v) is 1.13. The number of nitrogens with zero attached hydrogens (tertiary/aromatic N) is 5. The zero-order valence-electron chi connectivity index (χ0n) is 8.60. The van der Waals surface area contributed by atoms with Gasteiger partial charge in [-0.1, -0.05) is 0 Å². The van der Waals surface area contributed by atoms with Crippen molar-refractivity contribution in [1.29, 1.82) is 0 Å². The number of halogens is 3. The molecule has 90 valence electrons. The van der Waals surface area contributed by atoms with Gasteiger partial charge in [-0.25, -0.2) is 19.6 Å². The highest BCUT2D eigenvalue weighted by Gasteiger charge is 2.35. The van der Waals surface area contributed by atoms with E-state index in [0.29, 0.717) is 0 Å². The molecular weight excluding hydrogens is 237 g/mol. The molecule has 0 unspecified atom stereocenters. The van der Waals surface area contributed by atoms with Gasteiger partial charge in [-0.15, -0.1) is 0 Å². The third-order valence-corrected chi connectivity index (χ3v) is 1.88. The van der Waals surface area contributed by atoms with Gasteiger partial charge in [0, 0.05) is 13.1 Å². The number of nitrogens with one attached hydrogen (secondary N) is 1. The molecule has 1 N–H and O–H groups in total. The second kappa shape index (κ2) is 4.00. The number of hydrogen-bond donors (Lipinski definition) is 1. The van der Waals surface area contributed by atoms with Crippen molar-refractivity contribution < 1.29 is 13.2 Å². The Balaban J connectivity index is 2.54. The van der Waals surface area contributed by atoms with E-state index < -0.39 is 12.0 Å². The van der Waals surface area contributed by atoms with Crippen molar-refractivity contribution in [3.05, 3.63) is 24.5 Å². The predicted molar refractivity (Wildman–Crippen MR) is 51.5 cm³/mol. The molecule has 0 fully saturated rings. The van der Waals surface area contributed by atoms with Crippen LogP contribution in [0.15, 0.2) is 18.7 Å². The molecule has 0 amide bonds. The predicted octanol–water partition coefficient (Wildman–Crippen LogP) is 1.12. The standard InChI is InChI=1S/C8H7F3N6/c1-12-5-2-6(17-4-13-3-14-17)16-7(15-5)8(9,10)11/h2-4H,1H3,(H,12,15,16). The fraction of sp³-hybridized carbons (Fsp3) is 0.250. The van der Waals surface area contributed by atoms with Crippen LogP contribution >= 0.6 is 0 Å². The Hall–Kier alpha value is -2.19. The summed E-state index contributed by atoms with van der Waals surface area (Å²) in [7, 11) is 1.47. The van der Waals surface area contributed by atoms with Crippen LogP contribution in [0.25, 0.3) is 5.82 Å². The third kappa shape index (κ3) is 2.32. The van der Waals surface area contributed by atoms with Crippen LogP contribution in [-0.4, -0.2) is 31.8 Å². The summed E-state index contributed by atoms with van der Waals surface area (Å²) in [6.45, 7) is 0. The van der Waals surface area contributed by atoms with Crippen molar-refractivity contribution in [2.75, 3.05) is 12.4 Å². The van der Waals surface area contributed by atoms with E-state index in [1.54, 1.807) is 0 Å². The van der Waals surface area contributed by atoms with Gasteiger partial charge in [-0.2, -0.15) is 18.3 Å². The number of hydrogen-bond acceptors (Lipinski definition) is 5. The minimum Gasteiger partial charge on any atom is -0.373 e. The lowest BCUT2D eigenvalue weighted by atomic mass is 10.4. The largest absolute Gasteiger partial charge is 0.451 e. The smallest absolute Gasteiger partial charge is 0.373 e. The molecule has 0 saturated heterocycles. The average Bonchev–Trinajstić information content (AvgIpc) is 2.80. The monoisotopic (exact) mass is 244 g/mol. The molecule has 0 bridgehead atoms. The molecule has 0 saturated carbocycles. The molecule has 0 radical (unpaired) electrons. The lowest BCUT2D eigenvalue weighted by Gasteiger charge is -2.09. The molecule has 2 rings (SSSR count). The van der Waals surface area contributed by atoms with E-state index in [4.69, 9.17) is 0 Å². The lowest BCUT2D eigenvalue weighted by molar-refractivity contribution is -0.144. The summed E-state index contributed by atoms with van der Waals surface area (Å²) in [6, 6.07) is 1.34. The Labute approximate surface area is 93.5 Å². The Morgan fingerprint density at radius 1 is 1.29 bits per heavy atom. The van der Waals surface area contributed by atoms with Crippen LogP contribution in [0.2, 0.25) is 0 Å². The molecule has 17 heavy (non-hydrogen) atoms. The van der Waals surface area contributed by atoms with E-state index in [1.807, 2.05) is 0 Å². The van der Waals surface area contributed by atoms with Crippen LogP contribution in [0.1, 0.15) is 5.82 Å². The highest BCUT2D eigenvalue weighted by atomic mass is 19.4. The Bertz CT molecular complexity index is 506. The van der Waals surface area contributed by atoms with Crippen molar-refractivity contribution >= 4 is 5.82 Å². The molecule has 0 aromatic carbocycles. The lowest BCUT2D eigenvalue weighted by Crippen LogP contribution is -2.14. The van der Waals surface area contributed by atoms with E-state index in [9.17, 15) is 13.2 Å². The van der Waals surface area contributed by atoms with E-state index in [0.717, 1.165) is 4.68 Å². The molecule has 0 atom stereocenters. The maximum Gasteiger partial charge on any atom is 0.451 e. The van der Waals surface area contributed by atoms with Crippen LogP contribution < -0.4 is 5.32 Å². The first-order chi connectivity index (χ1) is 8.00. The molecule has 0 aliphatic carbocycles. The van der Waals surface area contributed by atoms with Crippen molar-refractivity contribution in [2.24, 2.45) is 0 Å². The van der Waals surface area contributed by atoms with E-state index in [2.05, 4.69) is 25.4 Å². The number of anilines is 1. The fourth-order valence-electron chi connectivity index (χ4n) is 1.13. The topological polar surface area (TPSA) is 68.5 Å². The summed E-state index contributed by atoms with van der Waals surface area (Å²) < 4.78 is 38.7. The maximum atomic E-state index is 12.5. The van der Waals surface area contributed by atoms with Gasteiger partial charge in [-0.05, 0) is 0 Å². The van der Waals surface area contributed by atoms with E-state index in [-0.39, 0.29) is 11.6 Å². The SMILES string of the molecule is CNc1cc(-n2cncn2)nc(C(F)(F)F)n1. The van der Waals surface area contributed by atoms with E-state index in [1.165, 1.54) is 25.8 Å². The molecule has 2 aromatic rings. The third-order valence-electron chi connectivity index (χ3n) is 1.88. The summed E-state index contributed by atoms with van der Waals surface area (Å²) >= 11 is 0. The van der Waals surface area contributed by atoms with Crippen LogP contribution in [0.4, 0.5) is 19.0 Å². The molecule has 9 heteroatoms. The maximum absolute atomic E-state index is 12.5. The van der Waals surface area contributed by atoms with Crippen molar-refractivity contribution in [3.8, 4) is 5.82 Å². The highest BCUT2D eigenvalue weighted by Crippen LogP contribution is 2.27. The second-order valence-corrected chi connectivity index (χ2v) is 3.02. The number of alkyl halides is 3. The van der Waals surface area contributed by atoms with Crippen molar-refractivity contribution in [2.45, 2.75) is 6.18 Å². The summed E-state index contributed by atoms with van der Waals surface area (Å²) in [5.74, 6) is -1.18. The van der Waals surface area contributed by atoms with Crippen molar-refractivity contribution in [3.63, 3.8) is 0 Å². The second-order valence-electron chi connectivity index (χ2n) is 3.02. The summed E-state index contributed by atoms with van der Waals surface area (Å²) in [4.78, 5) is 10.3. The number of aromatic nitrogens is 5. The van der Waals surface area contributed by atoms with Crippen LogP contribution in [0.3, 0.4) is 0 Å². The van der Waals surface area contributed by atoms with E-state index >= 15 is 0 Å². The van der Waals surface area contributed by atoms with Gasteiger partial charge >= 0.3 is 6.18 Å². The van der Waals surface area contributed by atoms with Gasteiger partial charge in [0.2, 0.25) is 5.82 Å². The Kier molecular flexibility index (Phi) is 2.66. The molecule has 6 nitrogen and oxygen atoms in total. The van der Waals surface area contributed by atoms with Gasteiger partial charge in [0.1, 0.15) is 18.5 Å². The van der Waals surface area contributed by atoms with Crippen LogP contribution in [-0.2, 0) is 6.18 Å². The van der Waals surface area contributed by atoms with Gasteiger partial charge in [0.05, 0.1) is 0 Å². The molecule has 0 spiro atoms. The van der Waals surface area contributed by atoms with Crippen LogP contribution in [0, 0.1) is 0 Å². The highest BCUT2D eigenvalue weighted by molar-refractivity contribution is 5.40. The first-order valence-electron chi connectivity index (χ1n) is 4.50. The van der Waals surface area contributed by atoms with Gasteiger partial charge < -0.3 is 5.32 Å². The molecule has 0 aliphatic heterocycles. The molecular formula is C8H7F3N6. The average molecular weight is 244 g/mol. The zero-order chi connectivity index (χ0) is 12.5. The Morgan fingerprint density at radius 3 is 2.59 bits per heavy atom.